The van der Waals surface area contributed by atoms with Crippen LogP contribution in [0, 0.1) is 0 Å². The zero-order valence-electron chi connectivity index (χ0n) is 19.3. The van der Waals surface area contributed by atoms with Crippen molar-refractivity contribution < 1.29 is 22.7 Å². The summed E-state index contributed by atoms with van der Waals surface area (Å²) in [5.41, 5.74) is 0.316. The molecule has 34 heavy (non-hydrogen) atoms. The summed E-state index contributed by atoms with van der Waals surface area (Å²) in [6, 6.07) is -0.00483. The Hall–Kier alpha value is -2.21. The molecule has 1 aliphatic carbocycles. The Morgan fingerprint density at radius 1 is 1.32 bits per heavy atom. The molecule has 1 saturated carbocycles. The van der Waals surface area contributed by atoms with Gasteiger partial charge in [0.15, 0.2) is 6.61 Å². The Kier molecular flexibility index (Phi) is 8.07. The molecule has 8 nitrogen and oxygen atoms in total. The van der Waals surface area contributed by atoms with Crippen molar-refractivity contribution in [1.82, 2.24) is 30.2 Å². The smallest absolute Gasteiger partial charge is 0.273 e. The number of hydrogen-bond acceptors (Lipinski definition) is 7. The summed E-state index contributed by atoms with van der Waals surface area (Å²) in [5.74, 6) is -0.106. The van der Waals surface area contributed by atoms with Gasteiger partial charge in [-0.15, -0.1) is 0 Å². The number of aryl methyl sites for hydroxylation is 1. The van der Waals surface area contributed by atoms with Crippen molar-refractivity contribution in [1.29, 1.82) is 0 Å². The van der Waals surface area contributed by atoms with Crippen LogP contribution in [-0.4, -0.2) is 75.2 Å². The number of carbonyl (C=O) groups is 1. The summed E-state index contributed by atoms with van der Waals surface area (Å²) < 4.78 is 45.2. The Balaban J connectivity index is 1.17. The van der Waals surface area contributed by atoms with Crippen molar-refractivity contribution in [3.05, 3.63) is 22.5 Å². The molecule has 0 unspecified atom stereocenters. The van der Waals surface area contributed by atoms with Crippen LogP contribution in [-0.2, 0) is 31.1 Å². The number of hydrogen-bond donors (Lipinski definition) is 1. The van der Waals surface area contributed by atoms with Gasteiger partial charge in [-0.2, -0.15) is 15.0 Å². The molecular formula is C22H31F3N6O2S. The van der Waals surface area contributed by atoms with Gasteiger partial charge in [-0.25, -0.2) is 18.2 Å². The number of ether oxygens (including phenoxy) is 1. The first-order valence-corrected chi connectivity index (χ1v) is 12.5. The predicted molar refractivity (Wildman–Crippen MR) is 121 cm³/mol. The van der Waals surface area contributed by atoms with Crippen LogP contribution in [0.15, 0.2) is 6.20 Å². The van der Waals surface area contributed by atoms with Crippen LogP contribution >= 0.6 is 11.3 Å². The minimum Gasteiger partial charge on any atom is -0.464 e. The molecule has 188 valence electrons. The number of thiazole rings is 1. The molecule has 3 heterocycles. The van der Waals surface area contributed by atoms with Gasteiger partial charge in [-0.1, -0.05) is 11.3 Å². The van der Waals surface area contributed by atoms with E-state index < -0.39 is 18.7 Å². The Bertz CT molecular complexity index is 935. The van der Waals surface area contributed by atoms with Gasteiger partial charge in [-0.05, 0) is 38.5 Å². The lowest BCUT2D eigenvalue weighted by molar-refractivity contribution is -0.121. The highest BCUT2D eigenvalue weighted by atomic mass is 32.1. The maximum absolute atomic E-state index is 15.4. The third kappa shape index (κ3) is 6.91. The van der Waals surface area contributed by atoms with Crippen LogP contribution < -0.4 is 10.1 Å². The van der Waals surface area contributed by atoms with Crippen molar-refractivity contribution in [2.45, 2.75) is 69.5 Å². The molecule has 12 heteroatoms. The number of nitrogens with zero attached hydrogens (tertiary/aromatic N) is 5. The summed E-state index contributed by atoms with van der Waals surface area (Å²) in [4.78, 5) is 21.3. The van der Waals surface area contributed by atoms with E-state index in [1.165, 1.54) is 16.1 Å². The monoisotopic (exact) mass is 500 g/mol. The summed E-state index contributed by atoms with van der Waals surface area (Å²) in [6.07, 6.45) is 3.34. The average molecular weight is 501 g/mol. The molecule has 0 spiro atoms. The molecule has 2 aromatic heterocycles. The zero-order valence-corrected chi connectivity index (χ0v) is 20.1. The minimum atomic E-state index is -2.51. The van der Waals surface area contributed by atoms with Crippen molar-refractivity contribution in [3.63, 3.8) is 0 Å². The first-order valence-electron chi connectivity index (χ1n) is 11.7. The van der Waals surface area contributed by atoms with Crippen molar-refractivity contribution >= 4 is 17.2 Å². The summed E-state index contributed by atoms with van der Waals surface area (Å²) in [6.45, 7) is 1.59. The Morgan fingerprint density at radius 2 is 2.09 bits per heavy atom. The Morgan fingerprint density at radius 3 is 2.79 bits per heavy atom. The van der Waals surface area contributed by atoms with E-state index >= 15 is 4.39 Å². The highest BCUT2D eigenvalue weighted by Gasteiger charge is 2.36. The largest absolute Gasteiger partial charge is 0.464 e. The molecule has 4 rings (SSSR count). The molecule has 1 N–H and O–H groups in total. The second-order valence-corrected chi connectivity index (χ2v) is 10.2. The van der Waals surface area contributed by atoms with Crippen LogP contribution in [0.25, 0.3) is 0 Å². The second kappa shape index (κ2) is 11.0. The molecule has 2 aliphatic rings. The molecule has 1 amide bonds. The van der Waals surface area contributed by atoms with Gasteiger partial charge in [0, 0.05) is 44.0 Å². The fraction of sp³-hybridized carbons (Fsp3) is 0.727. The van der Waals surface area contributed by atoms with E-state index in [2.05, 4.69) is 25.4 Å². The van der Waals surface area contributed by atoms with Gasteiger partial charge in [0.25, 0.3) is 11.6 Å². The quantitative estimate of drug-likeness (QED) is 0.570. The number of fused-ring (bicyclic) bond motifs is 1. The van der Waals surface area contributed by atoms with Gasteiger partial charge in [0.2, 0.25) is 5.91 Å². The maximum Gasteiger partial charge on any atom is 0.273 e. The van der Waals surface area contributed by atoms with Gasteiger partial charge >= 0.3 is 0 Å². The second-order valence-electron chi connectivity index (χ2n) is 9.14. The predicted octanol–water partition coefficient (Wildman–Crippen LogP) is 2.72. The van der Waals surface area contributed by atoms with Crippen LogP contribution in [0.2, 0.25) is 0 Å². The number of carbonyl (C=O) groups excluding carboxylic acids is 1. The molecule has 1 fully saturated rings. The van der Waals surface area contributed by atoms with E-state index in [-0.39, 0.29) is 18.4 Å². The standard InChI is InChI=1S/C22H31F3N6O2S/c1-30-26-13-16(29-30)12-20(32)27-15-2-6-22(25,7-3-15)8-11-31-9-4-17-18(5-10-31)34-21(28-17)33-14-19(23)24/h13,15,19H,2-12,14H2,1H3,(H,27,32)/t15-,22+. The third-order valence-corrected chi connectivity index (χ3v) is 7.59. The van der Waals surface area contributed by atoms with Gasteiger partial charge in [0.1, 0.15) is 5.67 Å². The minimum absolute atomic E-state index is 0.00483. The number of aromatic nitrogens is 4. The topological polar surface area (TPSA) is 85.2 Å². The van der Waals surface area contributed by atoms with Crippen molar-refractivity contribution in [2.75, 3.05) is 26.2 Å². The lowest BCUT2D eigenvalue weighted by Gasteiger charge is -2.35. The Labute approximate surface area is 200 Å². The van der Waals surface area contributed by atoms with Gasteiger partial charge in [0.05, 0.1) is 24.0 Å². The number of alkyl halides is 3. The van der Waals surface area contributed by atoms with Crippen molar-refractivity contribution in [3.8, 4) is 5.19 Å². The molecule has 0 bridgehead atoms. The lowest BCUT2D eigenvalue weighted by atomic mass is 9.81. The SMILES string of the molecule is Cn1ncc(CC(=O)N[C@H]2CC[C@](F)(CCN3CCc4nc(OCC(F)F)sc4CC3)CC2)n1. The van der Waals surface area contributed by atoms with Gasteiger partial charge in [-0.3, -0.25) is 4.79 Å². The molecule has 0 radical (unpaired) electrons. The molecule has 0 saturated heterocycles. The molecule has 0 aromatic carbocycles. The van der Waals surface area contributed by atoms with E-state index in [0.717, 1.165) is 30.1 Å². The van der Waals surface area contributed by atoms with E-state index in [1.54, 1.807) is 13.2 Å². The number of rotatable bonds is 9. The third-order valence-electron chi connectivity index (χ3n) is 6.52. The summed E-state index contributed by atoms with van der Waals surface area (Å²) in [7, 11) is 1.70. The molecule has 0 atom stereocenters. The van der Waals surface area contributed by atoms with E-state index in [1.807, 2.05) is 0 Å². The van der Waals surface area contributed by atoms with E-state index in [0.29, 0.717) is 56.0 Å². The van der Waals surface area contributed by atoms with Crippen LogP contribution in [0.5, 0.6) is 5.19 Å². The highest BCUT2D eigenvalue weighted by Crippen LogP contribution is 2.35. The molecular weight excluding hydrogens is 469 g/mol. The first kappa shape index (κ1) is 24.9. The van der Waals surface area contributed by atoms with Crippen molar-refractivity contribution in [2.24, 2.45) is 7.05 Å². The fourth-order valence-electron chi connectivity index (χ4n) is 4.61. The zero-order chi connectivity index (χ0) is 24.1. The van der Waals surface area contributed by atoms with Crippen LogP contribution in [0.4, 0.5) is 13.2 Å². The summed E-state index contributed by atoms with van der Waals surface area (Å²) >= 11 is 1.33. The van der Waals surface area contributed by atoms with E-state index in [4.69, 9.17) is 4.74 Å². The fourth-order valence-corrected chi connectivity index (χ4v) is 5.56. The molecule has 1 aliphatic heterocycles. The van der Waals surface area contributed by atoms with Gasteiger partial charge < -0.3 is 15.0 Å². The number of halogens is 3. The average Bonchev–Trinajstić information content (AvgIpc) is 3.33. The lowest BCUT2D eigenvalue weighted by Crippen LogP contribution is -2.43. The maximum atomic E-state index is 15.4. The van der Waals surface area contributed by atoms with Crippen LogP contribution in [0.1, 0.15) is 48.4 Å². The highest BCUT2D eigenvalue weighted by molar-refractivity contribution is 7.13. The van der Waals surface area contributed by atoms with E-state index in [9.17, 15) is 13.6 Å². The summed E-state index contributed by atoms with van der Waals surface area (Å²) in [5, 5.41) is 11.4. The first-order chi connectivity index (χ1) is 16.3. The molecule has 2 aromatic rings. The number of amides is 1. The number of nitrogens with one attached hydrogen (secondary N) is 1. The normalized spacial score (nSPS) is 23.5. The van der Waals surface area contributed by atoms with Crippen LogP contribution in [0.3, 0.4) is 0 Å².